The predicted octanol–water partition coefficient (Wildman–Crippen LogP) is 3.50. The van der Waals surface area contributed by atoms with Gasteiger partial charge in [-0.25, -0.2) is 0 Å². The molecule has 0 aliphatic carbocycles. The van der Waals surface area contributed by atoms with E-state index in [1.165, 1.54) is 4.44 Å². The van der Waals surface area contributed by atoms with Gasteiger partial charge >= 0.3 is 88.1 Å². The minimum atomic E-state index is 0.495. The van der Waals surface area contributed by atoms with E-state index in [4.69, 9.17) is 0 Å². The van der Waals surface area contributed by atoms with Crippen molar-refractivity contribution in [1.82, 2.24) is 0 Å². The van der Waals surface area contributed by atoms with Gasteiger partial charge in [-0.3, -0.25) is 0 Å². The maximum atomic E-state index is 3.73. The molecule has 0 fully saturated rings. The van der Waals surface area contributed by atoms with Crippen molar-refractivity contribution in [2.75, 3.05) is 0 Å². The first kappa shape index (κ1) is 10.3. The molecule has 1 rings (SSSR count). The van der Waals surface area contributed by atoms with Crippen molar-refractivity contribution in [3.8, 4) is 0 Å². The van der Waals surface area contributed by atoms with Crippen molar-refractivity contribution in [2.24, 2.45) is 0 Å². The predicted molar refractivity (Wildman–Crippen MR) is 61.7 cm³/mol. The van der Waals surface area contributed by atoms with Crippen LogP contribution in [0.3, 0.4) is 0 Å². The van der Waals surface area contributed by atoms with E-state index in [2.05, 4.69) is 30.2 Å². The van der Waals surface area contributed by atoms with Crippen LogP contribution in [0.2, 0.25) is 0 Å². The molecular weight excluding hydrogens is 251 g/mol. The summed E-state index contributed by atoms with van der Waals surface area (Å²) < 4.78 is 2.01. The molecule has 0 saturated carbocycles. The molecule has 0 unspecified atom stereocenters. The van der Waals surface area contributed by atoms with E-state index >= 15 is 0 Å². The van der Waals surface area contributed by atoms with Crippen LogP contribution in [0.1, 0.15) is 9.02 Å². The molecule has 0 aromatic carbocycles. The van der Waals surface area contributed by atoms with Gasteiger partial charge in [0.05, 0.1) is 0 Å². The molecular formula is C9H10S2Se. The number of rotatable bonds is 5. The zero-order chi connectivity index (χ0) is 8.81. The van der Waals surface area contributed by atoms with E-state index < -0.39 is 0 Å². The van der Waals surface area contributed by atoms with Crippen molar-refractivity contribution >= 4 is 38.0 Å². The molecule has 0 amide bonds. The van der Waals surface area contributed by atoms with Crippen molar-refractivity contribution in [3.63, 3.8) is 0 Å². The summed E-state index contributed by atoms with van der Waals surface area (Å²) >= 11 is 4.07. The third-order valence-electron chi connectivity index (χ3n) is 1.22. The average molecular weight is 261 g/mol. The van der Waals surface area contributed by atoms with Gasteiger partial charge in [-0.15, -0.1) is 0 Å². The summed E-state index contributed by atoms with van der Waals surface area (Å²) in [5.41, 5.74) is 0. The van der Waals surface area contributed by atoms with Crippen LogP contribution in [0, 0.1) is 0 Å². The van der Waals surface area contributed by atoms with Crippen molar-refractivity contribution in [1.29, 1.82) is 0 Å². The second-order valence-electron chi connectivity index (χ2n) is 1.95. The minimum absolute atomic E-state index is 0.495. The Morgan fingerprint density at radius 3 is 2.42 bits per heavy atom. The van der Waals surface area contributed by atoms with Gasteiger partial charge in [0.15, 0.2) is 0 Å². The van der Waals surface area contributed by atoms with Gasteiger partial charge in [-0.05, 0) is 0 Å². The Balaban J connectivity index is 2.65. The average Bonchev–Trinajstić information content (AvgIpc) is 2.56. The molecule has 0 spiro atoms. The Bertz CT molecular complexity index is 231. The van der Waals surface area contributed by atoms with Crippen LogP contribution >= 0.6 is 23.5 Å². The molecule has 12 heavy (non-hydrogen) atoms. The van der Waals surface area contributed by atoms with Crippen molar-refractivity contribution in [3.05, 3.63) is 45.5 Å². The molecule has 0 aliphatic heterocycles. The summed E-state index contributed by atoms with van der Waals surface area (Å²) in [6, 6.07) is 4.34. The van der Waals surface area contributed by atoms with E-state index in [0.29, 0.717) is 19.1 Å². The molecule has 0 bridgehead atoms. The molecule has 0 atom stereocenters. The second-order valence-corrected chi connectivity index (χ2v) is 6.46. The van der Waals surface area contributed by atoms with Crippen LogP contribution < -0.4 is 0 Å². The van der Waals surface area contributed by atoms with Crippen molar-refractivity contribution in [2.45, 2.75) is 4.58 Å². The zero-order valence-electron chi connectivity index (χ0n) is 6.60. The van der Waals surface area contributed by atoms with Crippen LogP contribution in [0.4, 0.5) is 0 Å². The fourth-order valence-corrected chi connectivity index (χ4v) is 4.77. The first-order valence-electron chi connectivity index (χ1n) is 3.44. The molecule has 0 nitrogen and oxygen atoms in total. The molecule has 0 aliphatic rings. The Kier molecular flexibility index (Phi) is 4.93. The van der Waals surface area contributed by atoms with E-state index in [0.717, 1.165) is 0 Å². The number of hydrogen-bond acceptors (Lipinski definition) is 2. The Hall–Kier alpha value is 0.179. The van der Waals surface area contributed by atoms with Gasteiger partial charge in [0, 0.05) is 0 Å². The van der Waals surface area contributed by atoms with Gasteiger partial charge < -0.3 is 0 Å². The quantitative estimate of drug-likeness (QED) is 0.588. The summed E-state index contributed by atoms with van der Waals surface area (Å²) in [5.74, 6) is 0. The third-order valence-corrected chi connectivity index (χ3v) is 5.91. The molecule has 3 heteroatoms. The molecule has 0 N–H and O–H groups in total. The van der Waals surface area contributed by atoms with E-state index in [1.807, 2.05) is 10.8 Å². The molecule has 0 radical (unpaired) electrons. The zero-order valence-corrected chi connectivity index (χ0v) is 9.95. The van der Waals surface area contributed by atoms with Crippen LogP contribution in [0.5, 0.6) is 0 Å². The van der Waals surface area contributed by atoms with Gasteiger partial charge in [-0.1, -0.05) is 0 Å². The second kappa shape index (κ2) is 5.76. The van der Waals surface area contributed by atoms with Gasteiger partial charge in [0.2, 0.25) is 0 Å². The molecule has 1 heterocycles. The molecule has 1 aromatic rings. The SMILES string of the molecule is C=CSC(SC=C)c1ccc[se]1. The van der Waals surface area contributed by atoms with Gasteiger partial charge in [-0.2, -0.15) is 0 Å². The fourth-order valence-electron chi connectivity index (χ4n) is 0.766. The van der Waals surface area contributed by atoms with Crippen LogP contribution in [-0.2, 0) is 0 Å². The summed E-state index contributed by atoms with van der Waals surface area (Å²) in [6.45, 7) is 7.46. The molecule has 64 valence electrons. The standard InChI is InChI=1S/C9H10S2Se/c1-3-10-9(11-4-2)8-6-5-7-12-8/h3-7,9H,1-2H2. The third kappa shape index (κ3) is 2.91. The van der Waals surface area contributed by atoms with Crippen molar-refractivity contribution < 1.29 is 0 Å². The Labute approximate surface area is 87.9 Å². The van der Waals surface area contributed by atoms with Gasteiger partial charge in [0.25, 0.3) is 0 Å². The fraction of sp³-hybridized carbons (Fsp3) is 0.111. The topological polar surface area (TPSA) is 0 Å². The summed E-state index contributed by atoms with van der Waals surface area (Å²) in [4.78, 5) is 2.24. The molecule has 1 aromatic heterocycles. The summed E-state index contributed by atoms with van der Waals surface area (Å²) in [6.07, 6.45) is 0. The summed E-state index contributed by atoms with van der Waals surface area (Å²) in [5, 5.41) is 3.80. The van der Waals surface area contributed by atoms with E-state index in [1.54, 1.807) is 23.5 Å². The van der Waals surface area contributed by atoms with E-state index in [9.17, 15) is 0 Å². The Morgan fingerprint density at radius 2 is 2.00 bits per heavy atom. The number of hydrogen-bond donors (Lipinski definition) is 0. The Morgan fingerprint density at radius 1 is 1.33 bits per heavy atom. The number of thioether (sulfide) groups is 2. The first-order valence-corrected chi connectivity index (χ1v) is 7.17. The van der Waals surface area contributed by atoms with Crippen LogP contribution in [0.15, 0.2) is 41.0 Å². The monoisotopic (exact) mass is 262 g/mol. The molecule has 0 saturated heterocycles. The summed E-state index contributed by atoms with van der Waals surface area (Å²) in [7, 11) is 0. The normalized spacial score (nSPS) is 10.1. The first-order chi connectivity index (χ1) is 5.88. The van der Waals surface area contributed by atoms with Crippen LogP contribution in [0.25, 0.3) is 0 Å². The maximum absolute atomic E-state index is 3.73. The van der Waals surface area contributed by atoms with E-state index in [-0.39, 0.29) is 0 Å². The van der Waals surface area contributed by atoms with Gasteiger partial charge in [0.1, 0.15) is 0 Å². The van der Waals surface area contributed by atoms with Crippen LogP contribution in [-0.4, -0.2) is 14.5 Å².